The number of hydrogen-bond donors (Lipinski definition) is 11. The summed E-state index contributed by atoms with van der Waals surface area (Å²) in [6, 6.07) is 39.3. The van der Waals surface area contributed by atoms with Crippen LogP contribution in [0.1, 0.15) is 186 Å². The Labute approximate surface area is 837 Å². The number of benzene rings is 6. The number of hydrogen-bond acceptors (Lipinski definition) is 19. The minimum Gasteiger partial charge on any atom is -0.481 e. The van der Waals surface area contributed by atoms with Gasteiger partial charge >= 0.3 is 29.8 Å². The van der Waals surface area contributed by atoms with E-state index in [-0.39, 0.29) is 75.0 Å². The number of ether oxygens (including phenoxy) is 1. The van der Waals surface area contributed by atoms with Gasteiger partial charge in [0.2, 0.25) is 35.4 Å². The molecule has 0 aliphatic carbocycles. The first-order valence-electron chi connectivity index (χ1n) is 47.1. The molecule has 0 saturated heterocycles. The summed E-state index contributed by atoms with van der Waals surface area (Å²) in [7, 11) is 1.22. The maximum absolute atomic E-state index is 15.0. The second-order valence-electron chi connectivity index (χ2n) is 39.1. The van der Waals surface area contributed by atoms with Crippen molar-refractivity contribution in [3.8, 4) is 33.4 Å². The molecule has 3 heterocycles. The van der Waals surface area contributed by atoms with Crippen molar-refractivity contribution in [1.29, 1.82) is 0 Å². The molecule has 145 heavy (non-hydrogen) atoms. The molecule has 0 radical (unpaired) electrons. The molecule has 12 N–H and O–H groups in total. The SMILES string of the molecule is CC(CC(=O)NCC(=O)CC(CCN(C(=O)CO)C(c1cc(-c2cc(F)ccc2F)cn1Cc1ccccc1)C(C)(C)C)C(=O)O)C(=O)O.CC(CC(=O)O)C(=O)NCC(=O)CC(CCN(C(=O)CO)C(c1cc(-c2cc(F)ccc2F)cn1Cc1ccccc1)C(C)(C)C)C(=O)O.COC(=O)C(C)CC(=O)NCC(=O)C(N)CCN(C(=O)CO)C(c1cc(-c2cc(F)ccc2F)cn1Cc1ccccc1)C(C)(C)C. The number of aromatic nitrogens is 3. The van der Waals surface area contributed by atoms with Crippen molar-refractivity contribution in [3.05, 3.63) is 251 Å². The van der Waals surface area contributed by atoms with Crippen LogP contribution in [0.5, 0.6) is 0 Å². The fourth-order valence-electron chi connectivity index (χ4n) is 17.0. The lowest BCUT2D eigenvalue weighted by Gasteiger charge is -2.41. The van der Waals surface area contributed by atoms with Gasteiger partial charge in [-0.05, 0) is 125 Å². The largest absolute Gasteiger partial charge is 0.481 e. The highest BCUT2D eigenvalue weighted by Crippen LogP contribution is 2.46. The lowest BCUT2D eigenvalue weighted by Crippen LogP contribution is -2.47. The Hall–Kier alpha value is -14.2. The van der Waals surface area contributed by atoms with Crippen LogP contribution in [0.4, 0.5) is 26.3 Å². The summed E-state index contributed by atoms with van der Waals surface area (Å²) in [6.07, 6.45) is 2.76. The van der Waals surface area contributed by atoms with Gasteiger partial charge in [-0.25, -0.2) is 26.3 Å². The molecular weight excluding hydrogens is 1890 g/mol. The van der Waals surface area contributed by atoms with E-state index in [1.54, 1.807) is 36.8 Å². The van der Waals surface area contributed by atoms with Gasteiger partial charge in [0.05, 0.1) is 81.0 Å². The van der Waals surface area contributed by atoms with Gasteiger partial charge in [0.15, 0.2) is 17.3 Å². The van der Waals surface area contributed by atoms with Crippen LogP contribution in [0.2, 0.25) is 0 Å². The molecule has 32 nitrogen and oxygen atoms in total. The van der Waals surface area contributed by atoms with Crippen LogP contribution < -0.4 is 21.7 Å². The first kappa shape index (κ1) is 118. The number of carbonyl (C=O) groups is 14. The predicted molar refractivity (Wildman–Crippen MR) is 525 cm³/mol. The van der Waals surface area contributed by atoms with E-state index < -0.39 is 240 Å². The summed E-state index contributed by atoms with van der Waals surface area (Å²) in [5.41, 5.74) is 9.61. The second kappa shape index (κ2) is 54.5. The molecule has 6 amide bonds. The minimum atomic E-state index is -1.31. The molecule has 0 saturated carbocycles. The standard InChI is InChI=1S/2C36H43F2N3O8.C35H44F2N4O6/c1-22(14-32(45)46)34(47)39-18-27(43)15-24(35(48)49)12-13-41(31(44)21-42)33(36(2,3)4)30-16-25(28-17-26(37)10-11-29(28)38)20-40(30)19-23-8-6-5-7-9-23;1-22(34(46)47)14-31(44)39-18-27(43)15-24(35(48)49)12-13-41(32(45)21-42)33(36(2,3)4)30-16-25(28-17-26(37)10-11-29(28)38)20-40(30)19-23-8-6-5-7-9-23;1-22(34(46)47-5)15-31(44)39-18-30(43)28(38)13-14-41(32(45)21-42)33(35(2,3)4)29-16-24(26-17-25(36)11-12-27(26)37)20-40(29)19-23-9-7-6-8-10-23/h5-11,16-17,20,22,24,33,42H,12-15,18-19,21H2,1-4H3,(H,39,47)(H,45,46)(H,48,49);5-11,16-17,20,22,24,33,42H,12-15,18-19,21H2,1-4H3,(H,39,44)(H,46,47)(H,48,49);6-12,16-17,20,22,28,33,42H,13-15,18-19,21,38H2,1-5H3,(H,39,44). The van der Waals surface area contributed by atoms with E-state index >= 15 is 0 Å². The van der Waals surface area contributed by atoms with Gasteiger partial charge in [0, 0.05) is 140 Å². The van der Waals surface area contributed by atoms with Crippen LogP contribution in [-0.2, 0) is 91.5 Å². The molecule has 0 fully saturated rings. The number of nitrogens with zero attached hydrogens (tertiary/aromatic N) is 6. The van der Waals surface area contributed by atoms with Gasteiger partial charge in [0.25, 0.3) is 0 Å². The first-order valence-corrected chi connectivity index (χ1v) is 47.1. The molecule has 38 heteroatoms. The molecule has 6 aromatic carbocycles. The average Bonchev–Trinajstić information content (AvgIpc) is 1.67. The maximum Gasteiger partial charge on any atom is 0.308 e. The first-order chi connectivity index (χ1) is 68.2. The third-order valence-electron chi connectivity index (χ3n) is 24.2. The zero-order valence-corrected chi connectivity index (χ0v) is 83.4. The summed E-state index contributed by atoms with van der Waals surface area (Å²) in [5.74, 6) is -19.9. The zero-order valence-electron chi connectivity index (χ0n) is 83.4. The second-order valence-corrected chi connectivity index (χ2v) is 39.1. The number of rotatable bonds is 49. The molecular formula is C107H130F6N10O22. The summed E-state index contributed by atoms with van der Waals surface area (Å²) in [6.45, 7) is 17.7. The van der Waals surface area contributed by atoms with Crippen molar-refractivity contribution in [2.75, 3.05) is 66.2 Å². The van der Waals surface area contributed by atoms with E-state index in [0.29, 0.717) is 53.4 Å². The van der Waals surface area contributed by atoms with E-state index in [9.17, 15) is 119 Å². The maximum atomic E-state index is 15.0. The number of aliphatic hydroxyl groups excluding tert-OH is 3. The quantitative estimate of drug-likeness (QED) is 0.0125. The smallest absolute Gasteiger partial charge is 0.308 e. The lowest BCUT2D eigenvalue weighted by molar-refractivity contribution is -0.146. The van der Waals surface area contributed by atoms with Crippen LogP contribution in [0.3, 0.4) is 0 Å². The number of halogens is 6. The van der Waals surface area contributed by atoms with Crippen LogP contribution >= 0.6 is 0 Å². The highest BCUT2D eigenvalue weighted by molar-refractivity contribution is 5.93. The van der Waals surface area contributed by atoms with Crippen molar-refractivity contribution >= 4 is 82.6 Å². The fraction of sp³-hybridized carbons (Fsp3) is 0.421. The van der Waals surface area contributed by atoms with Gasteiger partial charge in [-0.3, -0.25) is 67.1 Å². The Kier molecular flexibility index (Phi) is 44.2. The Bertz CT molecular complexity index is 5990. The minimum absolute atomic E-state index is 0.00894. The molecule has 9 rings (SSSR count). The Morgan fingerprint density at radius 1 is 0.386 bits per heavy atom. The number of carbonyl (C=O) groups excluding carboxylic acids is 10. The number of Topliss-reactive ketones (excluding diaryl/α,β-unsaturated/α-hetero) is 3. The van der Waals surface area contributed by atoms with Crippen LogP contribution in [0.15, 0.2) is 182 Å². The summed E-state index contributed by atoms with van der Waals surface area (Å²) in [4.78, 5) is 177. The molecule has 0 bridgehead atoms. The highest BCUT2D eigenvalue weighted by atomic mass is 19.1. The Morgan fingerprint density at radius 2 is 0.697 bits per heavy atom. The van der Waals surface area contributed by atoms with Crippen molar-refractivity contribution in [2.45, 2.75) is 178 Å². The zero-order chi connectivity index (χ0) is 108. The molecule has 0 aliphatic rings. The summed E-state index contributed by atoms with van der Waals surface area (Å²) in [5, 5.41) is 75.0. The van der Waals surface area contributed by atoms with Gasteiger partial charge in [0.1, 0.15) is 54.7 Å². The topological polar surface area (TPSA) is 476 Å². The lowest BCUT2D eigenvalue weighted by atomic mass is 9.82. The van der Waals surface area contributed by atoms with E-state index in [0.717, 1.165) is 71.3 Å². The average molecular weight is 2020 g/mol. The van der Waals surface area contributed by atoms with Gasteiger partial charge < -0.3 is 90.6 Å². The van der Waals surface area contributed by atoms with Gasteiger partial charge in [-0.1, -0.05) is 174 Å². The number of esters is 1. The predicted octanol–water partition coefficient (Wildman–Crippen LogP) is 13.3. The van der Waals surface area contributed by atoms with E-state index in [4.69, 9.17) is 15.9 Å². The summed E-state index contributed by atoms with van der Waals surface area (Å²) >= 11 is 0. The Morgan fingerprint density at radius 3 is 0.993 bits per heavy atom. The number of methoxy groups -OCH3 is 1. The number of carboxylic acid groups (broad SMARTS) is 4. The van der Waals surface area contributed by atoms with Crippen molar-refractivity contribution in [2.24, 2.45) is 51.6 Å². The van der Waals surface area contributed by atoms with Crippen LogP contribution in [0, 0.1) is 80.7 Å². The third kappa shape index (κ3) is 35.4. The van der Waals surface area contributed by atoms with Crippen molar-refractivity contribution < 1.29 is 134 Å². The number of amides is 6. The Balaban J connectivity index is 0.000000295. The van der Waals surface area contributed by atoms with E-state index in [2.05, 4.69) is 20.7 Å². The molecule has 9 aromatic rings. The van der Waals surface area contributed by atoms with Gasteiger partial charge in [-0.2, -0.15) is 0 Å². The third-order valence-corrected chi connectivity index (χ3v) is 24.2. The molecule has 9 unspecified atom stereocenters. The number of aliphatic carboxylic acids is 4. The van der Waals surface area contributed by atoms with E-state index in [1.165, 1.54) is 42.6 Å². The van der Waals surface area contributed by atoms with Crippen LogP contribution in [0.25, 0.3) is 33.4 Å². The number of nitrogens with two attached hydrogens (primary N) is 1. The van der Waals surface area contributed by atoms with Gasteiger partial charge in [-0.15, -0.1) is 0 Å². The molecule has 0 spiro atoms. The molecule has 0 aliphatic heterocycles. The van der Waals surface area contributed by atoms with Crippen molar-refractivity contribution in [1.82, 2.24) is 44.4 Å². The number of ketones is 3. The molecule has 9 atom stereocenters. The number of carboxylic acids is 4. The summed E-state index contributed by atoms with van der Waals surface area (Å²) < 4.78 is 97.7. The highest BCUT2D eigenvalue weighted by Gasteiger charge is 2.43. The van der Waals surface area contributed by atoms with E-state index in [1.807, 2.05) is 167 Å². The van der Waals surface area contributed by atoms with Crippen molar-refractivity contribution in [3.63, 3.8) is 0 Å². The molecule has 3 aromatic heterocycles. The number of aliphatic hydroxyl groups is 3. The normalized spacial score (nSPS) is 13.3. The fourth-order valence-corrected chi connectivity index (χ4v) is 17.0. The number of nitrogens with one attached hydrogen (secondary N) is 3. The monoisotopic (exact) mass is 2020 g/mol. The molecule has 782 valence electrons. The van der Waals surface area contributed by atoms with Crippen LogP contribution in [-0.4, -0.2) is 219 Å².